The lowest BCUT2D eigenvalue weighted by Crippen LogP contribution is -2.41. The number of piperidine rings is 1. The maximum Gasteiger partial charge on any atom is 0.156 e. The van der Waals surface area contributed by atoms with Gasteiger partial charge in [0.2, 0.25) is 0 Å². The van der Waals surface area contributed by atoms with E-state index in [1.807, 2.05) is 0 Å². The normalized spacial score (nSPS) is 23.6. The van der Waals surface area contributed by atoms with Gasteiger partial charge in [-0.15, -0.1) is 24.8 Å². The number of nitrogens with two attached hydrogens (primary N) is 1. The number of methoxy groups -OCH3 is 1. The Balaban J connectivity index is 0.00000160. The Hall–Kier alpha value is -1.44. The first-order valence-electron chi connectivity index (χ1n) is 10.3. The van der Waals surface area contributed by atoms with Gasteiger partial charge >= 0.3 is 0 Å². The topological polar surface area (TPSA) is 76.3 Å². The number of aromatic nitrogens is 2. The van der Waals surface area contributed by atoms with E-state index in [9.17, 15) is 0 Å². The third kappa shape index (κ3) is 6.53. The van der Waals surface area contributed by atoms with Crippen LogP contribution in [0.4, 0.5) is 5.82 Å². The molecule has 0 unspecified atom stereocenters. The predicted octanol–water partition coefficient (Wildman–Crippen LogP) is 3.75. The third-order valence-electron chi connectivity index (χ3n) is 5.77. The minimum Gasteiger partial charge on any atom is -0.377 e. The van der Waals surface area contributed by atoms with Gasteiger partial charge in [0.05, 0.1) is 0 Å². The average molecular weight is 454 g/mol. The fraction of sp³-hybridized carbons (Fsp3) is 0.545. The maximum atomic E-state index is 5.98. The van der Waals surface area contributed by atoms with E-state index >= 15 is 0 Å². The van der Waals surface area contributed by atoms with Crippen molar-refractivity contribution in [3.8, 4) is 0 Å². The van der Waals surface area contributed by atoms with Crippen molar-refractivity contribution >= 4 is 30.6 Å². The molecule has 1 saturated heterocycles. The molecule has 2 aliphatic rings. The Morgan fingerprint density at radius 1 is 1.17 bits per heavy atom. The van der Waals surface area contributed by atoms with E-state index in [0.717, 1.165) is 49.8 Å². The Labute approximate surface area is 191 Å². The summed E-state index contributed by atoms with van der Waals surface area (Å²) in [4.78, 5) is 11.9. The lowest BCUT2D eigenvalue weighted by Gasteiger charge is -2.34. The van der Waals surface area contributed by atoms with E-state index in [2.05, 4.69) is 51.6 Å². The zero-order valence-electron chi connectivity index (χ0n) is 17.5. The molecule has 8 heteroatoms. The monoisotopic (exact) mass is 453 g/mol. The molecule has 1 aliphatic carbocycles. The largest absolute Gasteiger partial charge is 0.377 e. The summed E-state index contributed by atoms with van der Waals surface area (Å²) in [6, 6.07) is 13.5. The SMILES string of the molecule is COCc1nc(N[C@H]2CCCN(Cc3ccccc3)C2)cc(C2CC(N)C2)n1.Cl.Cl. The van der Waals surface area contributed by atoms with Gasteiger partial charge < -0.3 is 15.8 Å². The molecule has 4 rings (SSSR count). The molecule has 2 aromatic rings. The molecule has 1 aromatic heterocycles. The average Bonchev–Trinajstić information content (AvgIpc) is 2.67. The van der Waals surface area contributed by atoms with Crippen LogP contribution in [0.25, 0.3) is 0 Å². The Bertz CT molecular complexity index is 773. The van der Waals surface area contributed by atoms with Crippen LogP contribution in [0.3, 0.4) is 0 Å². The summed E-state index contributed by atoms with van der Waals surface area (Å²) in [6.07, 6.45) is 4.39. The van der Waals surface area contributed by atoms with Crippen LogP contribution in [0.2, 0.25) is 0 Å². The number of rotatable bonds is 7. The number of nitrogens with one attached hydrogen (secondary N) is 1. The summed E-state index contributed by atoms with van der Waals surface area (Å²) in [5.74, 6) is 2.12. The summed E-state index contributed by atoms with van der Waals surface area (Å²) in [5, 5.41) is 3.67. The van der Waals surface area contributed by atoms with Crippen molar-refractivity contribution in [2.75, 3.05) is 25.5 Å². The third-order valence-corrected chi connectivity index (χ3v) is 5.77. The molecule has 2 fully saturated rings. The molecule has 30 heavy (non-hydrogen) atoms. The molecule has 6 nitrogen and oxygen atoms in total. The molecule has 1 saturated carbocycles. The molecule has 166 valence electrons. The van der Waals surface area contributed by atoms with Gasteiger partial charge in [-0.3, -0.25) is 4.90 Å². The number of halogens is 2. The van der Waals surface area contributed by atoms with E-state index in [1.165, 1.54) is 18.4 Å². The number of hydrogen-bond donors (Lipinski definition) is 2. The number of nitrogens with zero attached hydrogens (tertiary/aromatic N) is 3. The summed E-state index contributed by atoms with van der Waals surface area (Å²) < 4.78 is 5.28. The van der Waals surface area contributed by atoms with Crippen molar-refractivity contribution in [3.05, 3.63) is 53.5 Å². The summed E-state index contributed by atoms with van der Waals surface area (Å²) >= 11 is 0. The van der Waals surface area contributed by atoms with Gasteiger partial charge in [0.1, 0.15) is 12.4 Å². The van der Waals surface area contributed by atoms with Gasteiger partial charge in [0.25, 0.3) is 0 Å². The Morgan fingerprint density at radius 2 is 1.93 bits per heavy atom. The van der Waals surface area contributed by atoms with Crippen LogP contribution >= 0.6 is 24.8 Å². The highest BCUT2D eigenvalue weighted by molar-refractivity contribution is 5.85. The number of likely N-dealkylation sites (tertiary alicyclic amines) is 1. The van der Waals surface area contributed by atoms with Crippen LogP contribution in [-0.4, -0.2) is 47.2 Å². The van der Waals surface area contributed by atoms with Gasteiger partial charge in [-0.1, -0.05) is 30.3 Å². The van der Waals surface area contributed by atoms with Gasteiger partial charge in [0.15, 0.2) is 5.82 Å². The summed E-state index contributed by atoms with van der Waals surface area (Å²) in [7, 11) is 1.69. The quantitative estimate of drug-likeness (QED) is 0.664. The van der Waals surface area contributed by atoms with Crippen molar-refractivity contribution in [3.63, 3.8) is 0 Å². The smallest absolute Gasteiger partial charge is 0.156 e. The lowest BCUT2D eigenvalue weighted by atomic mass is 9.78. The minimum absolute atomic E-state index is 0. The predicted molar refractivity (Wildman–Crippen MR) is 126 cm³/mol. The number of anilines is 1. The van der Waals surface area contributed by atoms with Crippen LogP contribution in [0.15, 0.2) is 36.4 Å². The van der Waals surface area contributed by atoms with Crippen LogP contribution < -0.4 is 11.1 Å². The molecular formula is C22H33Cl2N5O. The first-order valence-corrected chi connectivity index (χ1v) is 10.3. The first-order chi connectivity index (χ1) is 13.7. The molecule has 0 amide bonds. The highest BCUT2D eigenvalue weighted by Crippen LogP contribution is 2.35. The molecule has 3 N–H and O–H groups in total. The Kier molecular flexibility index (Phi) is 9.78. The van der Waals surface area contributed by atoms with E-state index < -0.39 is 0 Å². The number of hydrogen-bond acceptors (Lipinski definition) is 6. The number of ether oxygens (including phenoxy) is 1. The standard InChI is InChI=1S/C22H31N5O.2ClH/c1-28-15-22-25-20(17-10-18(23)11-17)12-21(26-22)24-19-8-5-9-27(14-19)13-16-6-3-2-4-7-16;;/h2-4,6-7,12,17-19H,5,8-11,13-15,23H2,1H3,(H,24,25,26);2*1H/t17?,18?,19-;;/m0../s1. The second-order valence-corrected chi connectivity index (χ2v) is 8.16. The zero-order valence-corrected chi connectivity index (χ0v) is 19.1. The van der Waals surface area contributed by atoms with E-state index in [4.69, 9.17) is 15.5 Å². The van der Waals surface area contributed by atoms with E-state index in [0.29, 0.717) is 24.6 Å². The van der Waals surface area contributed by atoms with Crippen LogP contribution in [0, 0.1) is 0 Å². The van der Waals surface area contributed by atoms with Crippen molar-refractivity contribution < 1.29 is 4.74 Å². The van der Waals surface area contributed by atoms with Crippen molar-refractivity contribution in [2.24, 2.45) is 5.73 Å². The first kappa shape index (κ1) is 24.8. The van der Waals surface area contributed by atoms with E-state index in [-0.39, 0.29) is 24.8 Å². The van der Waals surface area contributed by atoms with Crippen LogP contribution in [-0.2, 0) is 17.9 Å². The second-order valence-electron chi connectivity index (χ2n) is 8.16. The molecule has 0 bridgehead atoms. The molecule has 2 heterocycles. The van der Waals surface area contributed by atoms with Crippen molar-refractivity contribution in [1.82, 2.24) is 14.9 Å². The van der Waals surface area contributed by atoms with Gasteiger partial charge in [-0.05, 0) is 37.8 Å². The van der Waals surface area contributed by atoms with Gasteiger partial charge in [-0.2, -0.15) is 0 Å². The summed E-state index contributed by atoms with van der Waals surface area (Å²) in [5.41, 5.74) is 8.45. The minimum atomic E-state index is 0. The molecule has 0 spiro atoms. The fourth-order valence-corrected chi connectivity index (χ4v) is 4.27. The van der Waals surface area contributed by atoms with Gasteiger partial charge in [-0.25, -0.2) is 9.97 Å². The van der Waals surface area contributed by atoms with Gasteiger partial charge in [0, 0.05) is 50.0 Å². The van der Waals surface area contributed by atoms with Crippen molar-refractivity contribution in [1.29, 1.82) is 0 Å². The maximum absolute atomic E-state index is 5.98. The van der Waals surface area contributed by atoms with Crippen LogP contribution in [0.1, 0.15) is 48.7 Å². The van der Waals surface area contributed by atoms with Crippen molar-refractivity contribution in [2.45, 2.75) is 56.8 Å². The molecular weight excluding hydrogens is 421 g/mol. The molecule has 0 radical (unpaired) electrons. The second kappa shape index (κ2) is 11.8. The highest BCUT2D eigenvalue weighted by atomic mass is 35.5. The lowest BCUT2D eigenvalue weighted by molar-refractivity contribution is 0.177. The molecule has 1 aliphatic heterocycles. The summed E-state index contributed by atoms with van der Waals surface area (Å²) in [6.45, 7) is 3.62. The number of benzene rings is 1. The fourth-order valence-electron chi connectivity index (χ4n) is 4.27. The highest BCUT2D eigenvalue weighted by Gasteiger charge is 2.29. The Morgan fingerprint density at radius 3 is 2.63 bits per heavy atom. The molecule has 1 aromatic carbocycles. The van der Waals surface area contributed by atoms with E-state index in [1.54, 1.807) is 7.11 Å². The molecule has 1 atom stereocenters. The zero-order chi connectivity index (χ0) is 19.3. The van der Waals surface area contributed by atoms with Crippen LogP contribution in [0.5, 0.6) is 0 Å².